The Balaban J connectivity index is 1.99. The summed E-state index contributed by atoms with van der Waals surface area (Å²) in [6, 6.07) is 15.8. The van der Waals surface area contributed by atoms with Crippen LogP contribution in [0.2, 0.25) is 0 Å². The number of hydrogen-bond donors (Lipinski definition) is 2. The van der Waals surface area contributed by atoms with E-state index in [9.17, 15) is 14.7 Å². The number of aryl methyl sites for hydroxylation is 1. The van der Waals surface area contributed by atoms with E-state index < -0.39 is 23.8 Å². The number of ether oxygens (including phenoxy) is 1. The van der Waals surface area contributed by atoms with Crippen LogP contribution in [0.1, 0.15) is 25.3 Å². The molecule has 0 heterocycles. The Bertz CT molecular complexity index is 734. The highest BCUT2D eigenvalue weighted by Crippen LogP contribution is 2.24. The van der Waals surface area contributed by atoms with Gasteiger partial charge in [-0.05, 0) is 48.1 Å². The largest absolute Gasteiger partial charge is 0.497 e. The number of aliphatic carboxylic acids is 2. The van der Waals surface area contributed by atoms with E-state index in [4.69, 9.17) is 9.84 Å². The SMILES string of the molecule is COc1ccc(-c2ccc(CC[C@H](CC(C)C(=O)O)C(=O)O)cc2)cc1. The summed E-state index contributed by atoms with van der Waals surface area (Å²) in [6.07, 6.45) is 1.18. The number of benzene rings is 2. The zero-order chi connectivity index (χ0) is 19.1. The van der Waals surface area contributed by atoms with Crippen molar-refractivity contribution in [1.29, 1.82) is 0 Å². The molecular weight excluding hydrogens is 332 g/mol. The third-order valence-electron chi connectivity index (χ3n) is 4.57. The highest BCUT2D eigenvalue weighted by Gasteiger charge is 2.23. The lowest BCUT2D eigenvalue weighted by atomic mass is 9.90. The van der Waals surface area contributed by atoms with Gasteiger partial charge in [-0.1, -0.05) is 43.3 Å². The average molecular weight is 356 g/mol. The Morgan fingerprint density at radius 2 is 1.46 bits per heavy atom. The standard InChI is InChI=1S/C21H24O5/c1-14(20(22)23)13-18(21(24)25)8-5-15-3-6-16(7-4-15)17-9-11-19(26-2)12-10-17/h3-4,6-7,9-12,14,18H,5,8,13H2,1-2H3,(H,22,23)(H,24,25)/t14?,18-/m1/s1. The van der Waals surface area contributed by atoms with E-state index >= 15 is 0 Å². The van der Waals surface area contributed by atoms with Gasteiger partial charge in [-0.3, -0.25) is 9.59 Å². The molecule has 0 aliphatic carbocycles. The van der Waals surface area contributed by atoms with Gasteiger partial charge in [0.15, 0.2) is 0 Å². The van der Waals surface area contributed by atoms with E-state index in [1.54, 1.807) is 14.0 Å². The van der Waals surface area contributed by atoms with Gasteiger partial charge in [-0.25, -0.2) is 0 Å². The summed E-state index contributed by atoms with van der Waals surface area (Å²) in [5, 5.41) is 18.3. The summed E-state index contributed by atoms with van der Waals surface area (Å²) in [4.78, 5) is 22.3. The highest BCUT2D eigenvalue weighted by atomic mass is 16.5. The molecule has 2 aromatic carbocycles. The highest BCUT2D eigenvalue weighted by molar-refractivity contribution is 5.73. The fourth-order valence-electron chi connectivity index (χ4n) is 2.86. The second-order valence-electron chi connectivity index (χ2n) is 6.47. The van der Waals surface area contributed by atoms with Gasteiger partial charge in [-0.15, -0.1) is 0 Å². The van der Waals surface area contributed by atoms with Crippen molar-refractivity contribution >= 4 is 11.9 Å². The lowest BCUT2D eigenvalue weighted by Gasteiger charge is -2.15. The topological polar surface area (TPSA) is 83.8 Å². The minimum Gasteiger partial charge on any atom is -0.497 e. The number of hydrogen-bond acceptors (Lipinski definition) is 3. The monoisotopic (exact) mass is 356 g/mol. The molecule has 0 fully saturated rings. The number of carboxylic acids is 2. The minimum absolute atomic E-state index is 0.147. The Labute approximate surface area is 153 Å². The quantitative estimate of drug-likeness (QED) is 0.706. The van der Waals surface area contributed by atoms with E-state index in [0.717, 1.165) is 22.4 Å². The smallest absolute Gasteiger partial charge is 0.306 e. The van der Waals surface area contributed by atoms with Crippen molar-refractivity contribution in [2.24, 2.45) is 11.8 Å². The molecule has 0 bridgehead atoms. The van der Waals surface area contributed by atoms with Crippen LogP contribution in [0.5, 0.6) is 5.75 Å². The molecule has 1 unspecified atom stereocenters. The molecule has 0 saturated carbocycles. The van der Waals surface area contributed by atoms with E-state index in [1.165, 1.54) is 0 Å². The maximum atomic E-state index is 11.4. The number of carbonyl (C=O) groups is 2. The Kier molecular flexibility index (Phi) is 6.78. The lowest BCUT2D eigenvalue weighted by molar-refractivity contribution is -0.145. The van der Waals surface area contributed by atoms with Crippen LogP contribution in [-0.2, 0) is 16.0 Å². The second kappa shape index (κ2) is 9.04. The first kappa shape index (κ1) is 19.5. The molecule has 0 aliphatic heterocycles. The van der Waals surface area contributed by atoms with Crippen LogP contribution in [-0.4, -0.2) is 29.3 Å². The van der Waals surface area contributed by atoms with Crippen LogP contribution >= 0.6 is 0 Å². The number of methoxy groups -OCH3 is 1. The number of rotatable bonds is 9. The predicted molar refractivity (Wildman–Crippen MR) is 99.3 cm³/mol. The predicted octanol–water partition coefficient (Wildman–Crippen LogP) is 4.11. The molecule has 2 rings (SSSR count). The van der Waals surface area contributed by atoms with Gasteiger partial charge in [0.1, 0.15) is 5.75 Å². The van der Waals surface area contributed by atoms with E-state index in [-0.39, 0.29) is 6.42 Å². The van der Waals surface area contributed by atoms with E-state index in [0.29, 0.717) is 12.8 Å². The first-order chi connectivity index (χ1) is 12.4. The summed E-state index contributed by atoms with van der Waals surface area (Å²) >= 11 is 0. The summed E-state index contributed by atoms with van der Waals surface area (Å²) in [5.41, 5.74) is 3.19. The lowest BCUT2D eigenvalue weighted by Crippen LogP contribution is -2.21. The van der Waals surface area contributed by atoms with Crippen LogP contribution < -0.4 is 4.74 Å². The van der Waals surface area contributed by atoms with Crippen molar-refractivity contribution in [3.63, 3.8) is 0 Å². The van der Waals surface area contributed by atoms with Gasteiger partial charge >= 0.3 is 11.9 Å². The van der Waals surface area contributed by atoms with Crippen LogP contribution in [0, 0.1) is 11.8 Å². The molecule has 138 valence electrons. The van der Waals surface area contributed by atoms with Crippen LogP contribution in [0.25, 0.3) is 11.1 Å². The van der Waals surface area contributed by atoms with Crippen molar-refractivity contribution < 1.29 is 24.5 Å². The van der Waals surface area contributed by atoms with Crippen molar-refractivity contribution in [2.45, 2.75) is 26.2 Å². The zero-order valence-corrected chi connectivity index (χ0v) is 15.0. The first-order valence-corrected chi connectivity index (χ1v) is 8.59. The maximum Gasteiger partial charge on any atom is 0.306 e. The summed E-state index contributed by atoms with van der Waals surface area (Å²) in [5.74, 6) is -2.40. The van der Waals surface area contributed by atoms with Crippen LogP contribution in [0.3, 0.4) is 0 Å². The molecule has 26 heavy (non-hydrogen) atoms. The molecule has 2 atom stereocenters. The van der Waals surface area contributed by atoms with E-state index in [2.05, 4.69) is 0 Å². The second-order valence-corrected chi connectivity index (χ2v) is 6.47. The molecule has 0 spiro atoms. The number of carboxylic acid groups (broad SMARTS) is 2. The molecule has 0 aliphatic rings. The van der Waals surface area contributed by atoms with Gasteiger partial charge in [-0.2, -0.15) is 0 Å². The van der Waals surface area contributed by atoms with Gasteiger partial charge in [0.25, 0.3) is 0 Å². The molecule has 2 N–H and O–H groups in total. The molecule has 5 nitrogen and oxygen atoms in total. The zero-order valence-electron chi connectivity index (χ0n) is 15.0. The van der Waals surface area contributed by atoms with Crippen LogP contribution in [0.15, 0.2) is 48.5 Å². The molecule has 0 amide bonds. The van der Waals surface area contributed by atoms with Crippen molar-refractivity contribution in [2.75, 3.05) is 7.11 Å². The third kappa shape index (κ3) is 5.34. The summed E-state index contributed by atoms with van der Waals surface area (Å²) in [6.45, 7) is 1.54. The van der Waals surface area contributed by atoms with Gasteiger partial charge in [0, 0.05) is 0 Å². The molecular formula is C21H24O5. The molecule has 2 aromatic rings. The normalized spacial score (nSPS) is 13.0. The summed E-state index contributed by atoms with van der Waals surface area (Å²) < 4.78 is 5.16. The molecule has 0 aromatic heterocycles. The van der Waals surface area contributed by atoms with Crippen molar-refractivity contribution in [3.05, 3.63) is 54.1 Å². The minimum atomic E-state index is -0.958. The van der Waals surface area contributed by atoms with Crippen molar-refractivity contribution in [3.8, 4) is 16.9 Å². The molecule has 5 heteroatoms. The molecule has 0 radical (unpaired) electrons. The van der Waals surface area contributed by atoms with Crippen LogP contribution in [0.4, 0.5) is 0 Å². The van der Waals surface area contributed by atoms with Crippen molar-refractivity contribution in [1.82, 2.24) is 0 Å². The van der Waals surface area contributed by atoms with E-state index in [1.807, 2.05) is 48.5 Å². The van der Waals surface area contributed by atoms with Gasteiger partial charge in [0.2, 0.25) is 0 Å². The third-order valence-corrected chi connectivity index (χ3v) is 4.57. The molecule has 0 saturated heterocycles. The van der Waals surface area contributed by atoms with Gasteiger partial charge < -0.3 is 14.9 Å². The fraction of sp³-hybridized carbons (Fsp3) is 0.333. The fourth-order valence-corrected chi connectivity index (χ4v) is 2.86. The summed E-state index contributed by atoms with van der Waals surface area (Å²) in [7, 11) is 1.63. The van der Waals surface area contributed by atoms with Gasteiger partial charge in [0.05, 0.1) is 18.9 Å². The average Bonchev–Trinajstić information content (AvgIpc) is 2.65. The Morgan fingerprint density at radius 1 is 0.923 bits per heavy atom. The Morgan fingerprint density at radius 3 is 1.92 bits per heavy atom. The first-order valence-electron chi connectivity index (χ1n) is 8.59. The maximum absolute atomic E-state index is 11.4. The Hall–Kier alpha value is -2.82.